The van der Waals surface area contributed by atoms with Crippen molar-refractivity contribution in [2.24, 2.45) is 0 Å². The van der Waals surface area contributed by atoms with Crippen LogP contribution in [0, 0.1) is 0 Å². The number of hydrogen-bond acceptors (Lipinski definition) is 1. The Morgan fingerprint density at radius 2 is 1.21 bits per heavy atom. The molecule has 0 saturated heterocycles. The molecule has 24 heavy (non-hydrogen) atoms. The molecule has 1 aromatic carbocycles. The van der Waals surface area contributed by atoms with Gasteiger partial charge in [-0.15, -0.1) is 0 Å². The lowest BCUT2D eigenvalue weighted by Gasteiger charge is -2.34. The van der Waals surface area contributed by atoms with Crippen LogP contribution in [0.15, 0.2) is 24.3 Å². The molecule has 0 spiro atoms. The molecule has 0 heterocycles. The minimum absolute atomic E-state index is 0.170. The molecule has 0 unspecified atom stereocenters. The van der Waals surface area contributed by atoms with Gasteiger partial charge in [-0.05, 0) is 30.7 Å². The molecular formula is C23H40O. The Kier molecular flexibility index (Phi) is 10.9. The fourth-order valence-corrected chi connectivity index (χ4v) is 3.99. The number of unbranched alkanes of at least 4 members (excludes halogenated alkanes) is 8. The first kappa shape index (κ1) is 21.1. The topological polar surface area (TPSA) is 20.2 Å². The van der Waals surface area contributed by atoms with Gasteiger partial charge in [0.2, 0.25) is 0 Å². The molecular weight excluding hydrogens is 292 g/mol. The highest BCUT2D eigenvalue weighted by Crippen LogP contribution is 2.42. The molecule has 0 fully saturated rings. The van der Waals surface area contributed by atoms with E-state index < -0.39 is 0 Å². The average molecular weight is 333 g/mol. The molecule has 0 atom stereocenters. The van der Waals surface area contributed by atoms with E-state index in [9.17, 15) is 5.11 Å². The lowest BCUT2D eigenvalue weighted by Crippen LogP contribution is -2.25. The highest BCUT2D eigenvalue weighted by atomic mass is 16.3. The summed E-state index contributed by atoms with van der Waals surface area (Å²) in [4.78, 5) is 0. The van der Waals surface area contributed by atoms with Gasteiger partial charge < -0.3 is 5.11 Å². The normalized spacial score (nSPS) is 11.8. The van der Waals surface area contributed by atoms with Crippen LogP contribution in [0.1, 0.15) is 110 Å². The summed E-state index contributed by atoms with van der Waals surface area (Å²) in [5.41, 5.74) is 1.36. The van der Waals surface area contributed by atoms with Crippen molar-refractivity contribution < 1.29 is 5.11 Å². The third-order valence-corrected chi connectivity index (χ3v) is 5.67. The van der Waals surface area contributed by atoms with Crippen LogP contribution in [0.4, 0.5) is 0 Å². The van der Waals surface area contributed by atoms with Crippen LogP contribution in [-0.4, -0.2) is 5.11 Å². The van der Waals surface area contributed by atoms with Crippen molar-refractivity contribution in [1.29, 1.82) is 0 Å². The molecule has 1 N–H and O–H groups in total. The van der Waals surface area contributed by atoms with E-state index in [0.717, 1.165) is 6.42 Å². The highest BCUT2D eigenvalue weighted by molar-refractivity contribution is 5.38. The molecule has 1 nitrogen and oxygen atoms in total. The summed E-state index contributed by atoms with van der Waals surface area (Å²) >= 11 is 0. The molecule has 0 bridgehead atoms. The van der Waals surface area contributed by atoms with Gasteiger partial charge in [0.15, 0.2) is 0 Å². The van der Waals surface area contributed by atoms with E-state index >= 15 is 0 Å². The van der Waals surface area contributed by atoms with Gasteiger partial charge in [-0.1, -0.05) is 103 Å². The summed E-state index contributed by atoms with van der Waals surface area (Å²) in [6, 6.07) is 8.07. The predicted octanol–water partition coefficient (Wildman–Crippen LogP) is 7.76. The molecule has 1 rings (SSSR count). The number of aromatic hydroxyl groups is 1. The summed E-state index contributed by atoms with van der Waals surface area (Å²) < 4.78 is 0. The number of rotatable bonds is 14. The first-order valence-corrected chi connectivity index (χ1v) is 10.5. The Bertz CT molecular complexity index is 410. The van der Waals surface area contributed by atoms with Gasteiger partial charge in [0.1, 0.15) is 5.75 Å². The maximum Gasteiger partial charge on any atom is 0.119 e. The van der Waals surface area contributed by atoms with Crippen molar-refractivity contribution in [3.63, 3.8) is 0 Å². The summed E-state index contributed by atoms with van der Waals surface area (Å²) in [7, 11) is 0. The molecule has 0 radical (unpaired) electrons. The number of phenols is 1. The van der Waals surface area contributed by atoms with E-state index in [0.29, 0.717) is 5.75 Å². The molecule has 0 amide bonds. The summed E-state index contributed by atoms with van der Waals surface area (Å²) in [6.45, 7) is 6.85. The molecule has 0 aliphatic rings. The fourth-order valence-electron chi connectivity index (χ4n) is 3.99. The predicted molar refractivity (Wildman–Crippen MR) is 107 cm³/mol. The van der Waals surface area contributed by atoms with Gasteiger partial charge in [-0.3, -0.25) is 0 Å². The van der Waals surface area contributed by atoms with E-state index in [1.807, 2.05) is 12.1 Å². The largest absolute Gasteiger partial charge is 0.508 e. The summed E-state index contributed by atoms with van der Waals surface area (Å²) in [5, 5.41) is 10.5. The van der Waals surface area contributed by atoms with Crippen LogP contribution in [0.2, 0.25) is 0 Å². The Morgan fingerprint density at radius 1 is 0.708 bits per heavy atom. The number of benzene rings is 1. The zero-order chi connectivity index (χ0) is 17.7. The van der Waals surface area contributed by atoms with Gasteiger partial charge in [0.25, 0.3) is 0 Å². The van der Waals surface area contributed by atoms with Crippen LogP contribution >= 0.6 is 0 Å². The lowest BCUT2D eigenvalue weighted by atomic mass is 9.70. The second-order valence-corrected chi connectivity index (χ2v) is 7.48. The maximum atomic E-state index is 10.5. The van der Waals surface area contributed by atoms with E-state index in [-0.39, 0.29) is 5.41 Å². The Balaban J connectivity index is 2.73. The van der Waals surface area contributed by atoms with Crippen molar-refractivity contribution in [3.8, 4) is 5.75 Å². The van der Waals surface area contributed by atoms with Crippen molar-refractivity contribution in [2.45, 2.75) is 110 Å². The standard InChI is InChI=1S/C23H40O/c1-4-7-9-11-15-19-23(6-3,20-16-12-10-8-5-2)21-17-13-14-18-22(21)24/h13-14,17-18,24H,4-12,15-16,19-20H2,1-3H3. The fraction of sp³-hybridized carbons (Fsp3) is 0.739. The van der Waals surface area contributed by atoms with Crippen molar-refractivity contribution in [3.05, 3.63) is 29.8 Å². The smallest absolute Gasteiger partial charge is 0.119 e. The molecule has 0 aliphatic carbocycles. The second kappa shape index (κ2) is 12.4. The van der Waals surface area contributed by atoms with Gasteiger partial charge >= 0.3 is 0 Å². The van der Waals surface area contributed by atoms with Gasteiger partial charge in [-0.2, -0.15) is 0 Å². The van der Waals surface area contributed by atoms with Gasteiger partial charge in [-0.25, -0.2) is 0 Å². The SMILES string of the molecule is CCCCCCCC(CC)(CCCCCCC)c1ccccc1O. The molecule has 1 heteroatoms. The van der Waals surface area contributed by atoms with E-state index in [2.05, 4.69) is 32.9 Å². The number of phenolic OH excluding ortho intramolecular Hbond substituents is 1. The van der Waals surface area contributed by atoms with Crippen LogP contribution < -0.4 is 0 Å². The first-order valence-electron chi connectivity index (χ1n) is 10.5. The summed E-state index contributed by atoms with van der Waals surface area (Å²) in [6.07, 6.45) is 16.8. The minimum Gasteiger partial charge on any atom is -0.508 e. The Labute approximate surface area is 150 Å². The Morgan fingerprint density at radius 3 is 1.67 bits per heavy atom. The van der Waals surface area contributed by atoms with Gasteiger partial charge in [0.05, 0.1) is 0 Å². The van der Waals surface area contributed by atoms with Crippen molar-refractivity contribution in [1.82, 2.24) is 0 Å². The zero-order valence-electron chi connectivity index (χ0n) is 16.4. The molecule has 0 aromatic heterocycles. The summed E-state index contributed by atoms with van der Waals surface area (Å²) in [5.74, 6) is 0.501. The van der Waals surface area contributed by atoms with E-state index in [4.69, 9.17) is 0 Å². The van der Waals surface area contributed by atoms with Crippen LogP contribution in [0.25, 0.3) is 0 Å². The van der Waals surface area contributed by atoms with Crippen LogP contribution in [-0.2, 0) is 5.41 Å². The lowest BCUT2D eigenvalue weighted by molar-refractivity contribution is 0.309. The number of hydrogen-bond donors (Lipinski definition) is 1. The quantitative estimate of drug-likeness (QED) is 0.345. The molecule has 0 saturated carbocycles. The van der Waals surface area contributed by atoms with Crippen molar-refractivity contribution >= 4 is 0 Å². The highest BCUT2D eigenvalue weighted by Gasteiger charge is 2.31. The third kappa shape index (κ3) is 6.87. The zero-order valence-corrected chi connectivity index (χ0v) is 16.4. The average Bonchev–Trinajstić information content (AvgIpc) is 2.60. The number of para-hydroxylation sites is 1. The maximum absolute atomic E-state index is 10.5. The van der Waals surface area contributed by atoms with Crippen molar-refractivity contribution in [2.75, 3.05) is 0 Å². The van der Waals surface area contributed by atoms with Gasteiger partial charge in [0, 0.05) is 5.56 Å². The first-order chi connectivity index (χ1) is 11.7. The van der Waals surface area contributed by atoms with Crippen LogP contribution in [0.3, 0.4) is 0 Å². The molecule has 1 aromatic rings. The molecule has 138 valence electrons. The minimum atomic E-state index is 0.170. The van der Waals surface area contributed by atoms with E-state index in [1.165, 1.54) is 82.6 Å². The Hall–Kier alpha value is -0.980. The third-order valence-electron chi connectivity index (χ3n) is 5.67. The molecule has 0 aliphatic heterocycles. The monoisotopic (exact) mass is 332 g/mol. The second-order valence-electron chi connectivity index (χ2n) is 7.48. The van der Waals surface area contributed by atoms with E-state index in [1.54, 1.807) is 0 Å². The van der Waals surface area contributed by atoms with Crippen LogP contribution in [0.5, 0.6) is 5.75 Å².